The molecule has 1 fully saturated rings. The number of nitrogens with one attached hydrogen (secondary N) is 1. The van der Waals surface area contributed by atoms with Crippen LogP contribution in [0.3, 0.4) is 0 Å². The van der Waals surface area contributed by atoms with E-state index in [1.807, 2.05) is 30.3 Å². The standard InChI is InChI=1S/C20H20N2OS/c1-22-18(23)20(21-19(22)24,16-9-3-2-4-10-16)17-12-11-14-7-5-6-8-15(14)13-17/h2-10,17H,11-13H2,1H3,(H,21,24). The molecule has 1 amide bonds. The fraction of sp³-hybridized carbons (Fsp3) is 0.300. The lowest BCUT2D eigenvalue weighted by Crippen LogP contribution is -2.51. The molecule has 0 aromatic heterocycles. The van der Waals surface area contributed by atoms with Crippen LogP contribution in [0.4, 0.5) is 0 Å². The number of carbonyl (C=O) groups is 1. The minimum absolute atomic E-state index is 0.0584. The van der Waals surface area contributed by atoms with Crippen LogP contribution in [0.1, 0.15) is 23.1 Å². The van der Waals surface area contributed by atoms with Gasteiger partial charge in [0, 0.05) is 7.05 Å². The zero-order valence-corrected chi connectivity index (χ0v) is 14.5. The molecule has 24 heavy (non-hydrogen) atoms. The number of hydrogen-bond acceptors (Lipinski definition) is 2. The smallest absolute Gasteiger partial charge is 0.259 e. The van der Waals surface area contributed by atoms with Crippen molar-refractivity contribution in [2.45, 2.75) is 24.8 Å². The largest absolute Gasteiger partial charge is 0.344 e. The number of rotatable bonds is 2. The fourth-order valence-electron chi connectivity index (χ4n) is 4.14. The van der Waals surface area contributed by atoms with Gasteiger partial charge in [-0.1, -0.05) is 54.6 Å². The Bertz CT molecular complexity index is 804. The summed E-state index contributed by atoms with van der Waals surface area (Å²) in [7, 11) is 1.76. The Labute approximate surface area is 147 Å². The molecule has 1 saturated heterocycles. The van der Waals surface area contributed by atoms with Crippen molar-refractivity contribution in [3.63, 3.8) is 0 Å². The van der Waals surface area contributed by atoms with Gasteiger partial charge in [-0.05, 0) is 54.1 Å². The Kier molecular flexibility index (Phi) is 3.65. The van der Waals surface area contributed by atoms with Gasteiger partial charge in [0.1, 0.15) is 5.54 Å². The van der Waals surface area contributed by atoms with Gasteiger partial charge in [-0.3, -0.25) is 9.69 Å². The van der Waals surface area contributed by atoms with Crippen LogP contribution in [0, 0.1) is 5.92 Å². The van der Waals surface area contributed by atoms with Crippen molar-refractivity contribution < 1.29 is 4.79 Å². The van der Waals surface area contributed by atoms with Gasteiger partial charge >= 0.3 is 0 Å². The molecule has 1 aliphatic heterocycles. The van der Waals surface area contributed by atoms with Crippen molar-refractivity contribution >= 4 is 23.2 Å². The summed E-state index contributed by atoms with van der Waals surface area (Å²) < 4.78 is 0. The van der Waals surface area contributed by atoms with Crippen LogP contribution >= 0.6 is 12.2 Å². The number of nitrogens with zero attached hydrogens (tertiary/aromatic N) is 1. The molecular weight excluding hydrogens is 316 g/mol. The maximum atomic E-state index is 13.2. The highest BCUT2D eigenvalue weighted by Crippen LogP contribution is 2.42. The van der Waals surface area contributed by atoms with E-state index >= 15 is 0 Å². The average molecular weight is 336 g/mol. The van der Waals surface area contributed by atoms with Crippen molar-refractivity contribution in [3.8, 4) is 0 Å². The third-order valence-electron chi connectivity index (χ3n) is 5.44. The Morgan fingerprint density at radius 3 is 2.42 bits per heavy atom. The fourth-order valence-corrected chi connectivity index (χ4v) is 4.38. The maximum Gasteiger partial charge on any atom is 0.259 e. The van der Waals surface area contributed by atoms with Crippen LogP contribution in [-0.4, -0.2) is 23.0 Å². The molecule has 0 bridgehead atoms. The molecule has 0 radical (unpaired) electrons. The van der Waals surface area contributed by atoms with E-state index in [9.17, 15) is 4.79 Å². The predicted molar refractivity (Wildman–Crippen MR) is 98.6 cm³/mol. The van der Waals surface area contributed by atoms with Crippen molar-refractivity contribution in [3.05, 3.63) is 71.3 Å². The van der Waals surface area contributed by atoms with Gasteiger partial charge in [0.05, 0.1) is 0 Å². The second-order valence-corrected chi connectivity index (χ2v) is 7.06. The summed E-state index contributed by atoms with van der Waals surface area (Å²) >= 11 is 5.41. The second-order valence-electron chi connectivity index (χ2n) is 6.68. The summed E-state index contributed by atoms with van der Waals surface area (Å²) in [6.07, 6.45) is 2.86. The average Bonchev–Trinajstić information content (AvgIpc) is 2.87. The van der Waals surface area contributed by atoms with E-state index in [1.54, 1.807) is 11.9 Å². The molecule has 4 heteroatoms. The zero-order valence-electron chi connectivity index (χ0n) is 13.7. The number of thiocarbonyl (C=S) groups is 1. The maximum absolute atomic E-state index is 13.2. The van der Waals surface area contributed by atoms with E-state index < -0.39 is 5.54 Å². The van der Waals surface area contributed by atoms with Gasteiger partial charge in [-0.25, -0.2) is 0 Å². The van der Waals surface area contributed by atoms with Crippen LogP contribution in [0.25, 0.3) is 0 Å². The minimum Gasteiger partial charge on any atom is -0.344 e. The van der Waals surface area contributed by atoms with Crippen molar-refractivity contribution in [1.29, 1.82) is 0 Å². The summed E-state index contributed by atoms with van der Waals surface area (Å²) in [5.41, 5.74) is 3.00. The molecule has 2 aromatic rings. The molecule has 1 heterocycles. The van der Waals surface area contributed by atoms with E-state index in [0.29, 0.717) is 5.11 Å². The number of fused-ring (bicyclic) bond motifs is 1. The van der Waals surface area contributed by atoms with E-state index in [4.69, 9.17) is 12.2 Å². The lowest BCUT2D eigenvalue weighted by Gasteiger charge is -2.38. The molecule has 2 unspecified atom stereocenters. The van der Waals surface area contributed by atoms with Crippen LogP contribution in [-0.2, 0) is 23.2 Å². The highest BCUT2D eigenvalue weighted by atomic mass is 32.1. The first-order valence-corrected chi connectivity index (χ1v) is 8.76. The summed E-state index contributed by atoms with van der Waals surface area (Å²) in [6.45, 7) is 0. The third-order valence-corrected chi connectivity index (χ3v) is 5.81. The molecule has 3 nitrogen and oxygen atoms in total. The normalized spacial score (nSPS) is 26.2. The Hall–Kier alpha value is -2.20. The molecule has 2 aromatic carbocycles. The van der Waals surface area contributed by atoms with E-state index in [-0.39, 0.29) is 11.8 Å². The SMILES string of the molecule is CN1C(=O)C(c2ccccc2)(C2CCc3ccccc3C2)NC1=S. The van der Waals surface area contributed by atoms with Crippen molar-refractivity contribution in [2.24, 2.45) is 5.92 Å². The highest BCUT2D eigenvalue weighted by Gasteiger charge is 2.54. The number of likely N-dealkylation sites (N-methyl/N-ethyl adjacent to an activating group) is 1. The molecule has 1 N–H and O–H groups in total. The lowest BCUT2D eigenvalue weighted by atomic mass is 9.69. The topological polar surface area (TPSA) is 32.3 Å². The van der Waals surface area contributed by atoms with Gasteiger partial charge in [-0.2, -0.15) is 0 Å². The van der Waals surface area contributed by atoms with E-state index in [2.05, 4.69) is 29.6 Å². The molecule has 4 rings (SSSR count). The van der Waals surface area contributed by atoms with Gasteiger partial charge in [0.2, 0.25) is 0 Å². The van der Waals surface area contributed by atoms with Crippen LogP contribution in [0.5, 0.6) is 0 Å². The minimum atomic E-state index is -0.749. The van der Waals surface area contributed by atoms with Crippen molar-refractivity contribution in [2.75, 3.05) is 7.05 Å². The van der Waals surface area contributed by atoms with Gasteiger partial charge in [0.15, 0.2) is 5.11 Å². The van der Waals surface area contributed by atoms with Gasteiger partial charge in [0.25, 0.3) is 5.91 Å². The highest BCUT2D eigenvalue weighted by molar-refractivity contribution is 7.80. The van der Waals surface area contributed by atoms with Crippen LogP contribution < -0.4 is 5.32 Å². The molecule has 0 spiro atoms. The molecule has 122 valence electrons. The second kappa shape index (κ2) is 5.71. The molecular formula is C20H20N2OS. The zero-order chi connectivity index (χ0) is 16.7. The number of hydrogen-bond donors (Lipinski definition) is 1. The lowest BCUT2D eigenvalue weighted by molar-refractivity contribution is -0.132. The number of amides is 1. The summed E-state index contributed by atoms with van der Waals surface area (Å²) in [6, 6.07) is 18.6. The van der Waals surface area contributed by atoms with Gasteiger partial charge in [-0.15, -0.1) is 0 Å². The van der Waals surface area contributed by atoms with Crippen molar-refractivity contribution in [1.82, 2.24) is 10.2 Å². The predicted octanol–water partition coefficient (Wildman–Crippen LogP) is 3.03. The first-order chi connectivity index (χ1) is 11.6. The first kappa shape index (κ1) is 15.3. The number of aryl methyl sites for hydroxylation is 1. The first-order valence-electron chi connectivity index (χ1n) is 8.35. The quantitative estimate of drug-likeness (QED) is 0.856. The van der Waals surface area contributed by atoms with Gasteiger partial charge < -0.3 is 5.32 Å². The van der Waals surface area contributed by atoms with Crippen LogP contribution in [0.2, 0.25) is 0 Å². The number of benzene rings is 2. The van der Waals surface area contributed by atoms with E-state index in [1.165, 1.54) is 11.1 Å². The molecule has 2 atom stereocenters. The molecule has 0 saturated carbocycles. The Balaban J connectivity index is 1.81. The number of carbonyl (C=O) groups excluding carboxylic acids is 1. The molecule has 2 aliphatic rings. The molecule has 1 aliphatic carbocycles. The Morgan fingerprint density at radius 2 is 1.75 bits per heavy atom. The third kappa shape index (κ3) is 2.17. The monoisotopic (exact) mass is 336 g/mol. The van der Waals surface area contributed by atoms with Crippen LogP contribution in [0.15, 0.2) is 54.6 Å². The summed E-state index contributed by atoms with van der Waals surface area (Å²) in [5, 5.41) is 3.91. The summed E-state index contributed by atoms with van der Waals surface area (Å²) in [4.78, 5) is 14.8. The Morgan fingerprint density at radius 1 is 1.08 bits per heavy atom. The van der Waals surface area contributed by atoms with E-state index in [0.717, 1.165) is 24.8 Å². The summed E-state index contributed by atoms with van der Waals surface area (Å²) in [5.74, 6) is 0.244.